The highest BCUT2D eigenvalue weighted by Crippen LogP contribution is 2.49. The monoisotopic (exact) mass is 347 g/mol. The molecule has 1 aliphatic heterocycles. The van der Waals surface area contributed by atoms with E-state index in [-0.39, 0.29) is 17.5 Å². The standard InChI is InChI=1S/C22H21NO3/c1-23-14-16-13-19(25)11-12-20(16)22(26,17-7-9-18(24)10-8-17)21(23)15-5-3-2-4-6-15/h2-13,21,24-26H,14H2,1H3/t21-,22-/m1/s1. The predicted molar refractivity (Wildman–Crippen MR) is 99.9 cm³/mol. The summed E-state index contributed by atoms with van der Waals surface area (Å²) in [5.74, 6) is 0.340. The first-order valence-corrected chi connectivity index (χ1v) is 8.59. The molecule has 0 radical (unpaired) electrons. The molecule has 1 aliphatic rings. The molecule has 4 nitrogen and oxygen atoms in total. The van der Waals surface area contributed by atoms with Crippen molar-refractivity contribution in [3.8, 4) is 11.5 Å². The topological polar surface area (TPSA) is 63.9 Å². The number of phenolic OH excluding ortho intramolecular Hbond substituents is 2. The molecule has 2 atom stereocenters. The fourth-order valence-corrected chi connectivity index (χ4v) is 4.07. The molecule has 3 aromatic rings. The van der Waals surface area contributed by atoms with Gasteiger partial charge in [0.15, 0.2) is 0 Å². The number of benzene rings is 3. The zero-order valence-corrected chi connectivity index (χ0v) is 14.5. The van der Waals surface area contributed by atoms with Crippen LogP contribution >= 0.6 is 0 Å². The van der Waals surface area contributed by atoms with Gasteiger partial charge in [-0.1, -0.05) is 48.5 Å². The Hall–Kier alpha value is -2.82. The summed E-state index contributed by atoms with van der Waals surface area (Å²) in [7, 11) is 1.97. The Balaban J connectivity index is 1.98. The van der Waals surface area contributed by atoms with E-state index >= 15 is 0 Å². The van der Waals surface area contributed by atoms with E-state index in [9.17, 15) is 15.3 Å². The molecule has 0 amide bonds. The molecule has 26 heavy (non-hydrogen) atoms. The van der Waals surface area contributed by atoms with Gasteiger partial charge < -0.3 is 15.3 Å². The highest BCUT2D eigenvalue weighted by Gasteiger charge is 2.47. The van der Waals surface area contributed by atoms with Gasteiger partial charge >= 0.3 is 0 Å². The first-order chi connectivity index (χ1) is 12.5. The van der Waals surface area contributed by atoms with Crippen LogP contribution in [0, 0.1) is 0 Å². The normalized spacial score (nSPS) is 22.8. The van der Waals surface area contributed by atoms with Gasteiger partial charge in [-0.2, -0.15) is 0 Å². The van der Waals surface area contributed by atoms with Crippen LogP contribution in [0.3, 0.4) is 0 Å². The van der Waals surface area contributed by atoms with Gasteiger partial charge in [-0.25, -0.2) is 0 Å². The molecular formula is C22H21NO3. The second-order valence-corrected chi connectivity index (χ2v) is 6.88. The molecule has 0 spiro atoms. The van der Waals surface area contributed by atoms with Gasteiger partial charge in [0.1, 0.15) is 17.1 Å². The van der Waals surface area contributed by atoms with Crippen LogP contribution in [0.25, 0.3) is 0 Å². The molecule has 0 fully saturated rings. The number of hydrogen-bond acceptors (Lipinski definition) is 4. The number of aliphatic hydroxyl groups is 1. The van der Waals surface area contributed by atoms with Gasteiger partial charge in [0.05, 0.1) is 6.04 Å². The van der Waals surface area contributed by atoms with Crippen molar-refractivity contribution in [2.24, 2.45) is 0 Å². The van der Waals surface area contributed by atoms with E-state index in [1.165, 1.54) is 0 Å². The average molecular weight is 347 g/mol. The second-order valence-electron chi connectivity index (χ2n) is 6.88. The third kappa shape index (κ3) is 2.55. The molecule has 4 heteroatoms. The smallest absolute Gasteiger partial charge is 0.134 e. The second kappa shape index (κ2) is 6.16. The maximum Gasteiger partial charge on any atom is 0.134 e. The molecule has 0 aromatic heterocycles. The summed E-state index contributed by atoms with van der Waals surface area (Å²) in [4.78, 5) is 2.09. The van der Waals surface area contributed by atoms with Gasteiger partial charge in [-0.05, 0) is 53.6 Å². The van der Waals surface area contributed by atoms with E-state index in [1.807, 2.05) is 37.4 Å². The lowest BCUT2D eigenvalue weighted by atomic mass is 9.72. The number of fused-ring (bicyclic) bond motifs is 1. The quantitative estimate of drug-likeness (QED) is 0.664. The lowest BCUT2D eigenvalue weighted by Crippen LogP contribution is -2.47. The first kappa shape index (κ1) is 16.6. The van der Waals surface area contributed by atoms with Crippen molar-refractivity contribution < 1.29 is 15.3 Å². The minimum atomic E-state index is -1.31. The number of nitrogens with zero attached hydrogens (tertiary/aromatic N) is 1. The third-order valence-electron chi connectivity index (χ3n) is 5.18. The minimum Gasteiger partial charge on any atom is -0.508 e. The zero-order chi connectivity index (χ0) is 18.3. The molecule has 4 rings (SSSR count). The van der Waals surface area contributed by atoms with Crippen LogP contribution in [-0.2, 0) is 12.1 Å². The van der Waals surface area contributed by atoms with Crippen molar-refractivity contribution in [2.75, 3.05) is 7.05 Å². The molecule has 1 heterocycles. The lowest BCUT2D eigenvalue weighted by Gasteiger charge is -2.47. The van der Waals surface area contributed by atoms with E-state index in [0.717, 1.165) is 16.7 Å². The number of likely N-dealkylation sites (N-methyl/N-ethyl adjacent to an activating group) is 1. The maximum atomic E-state index is 12.1. The number of aromatic hydroxyl groups is 2. The molecule has 3 aromatic carbocycles. The molecule has 0 unspecified atom stereocenters. The van der Waals surface area contributed by atoms with Crippen molar-refractivity contribution in [3.63, 3.8) is 0 Å². The van der Waals surface area contributed by atoms with Gasteiger partial charge in [0, 0.05) is 6.54 Å². The van der Waals surface area contributed by atoms with Gasteiger partial charge in [-0.3, -0.25) is 4.90 Å². The summed E-state index contributed by atoms with van der Waals surface area (Å²) >= 11 is 0. The Morgan fingerprint density at radius 1 is 0.885 bits per heavy atom. The van der Waals surface area contributed by atoms with Crippen LogP contribution in [0.5, 0.6) is 11.5 Å². The van der Waals surface area contributed by atoms with Crippen molar-refractivity contribution >= 4 is 0 Å². The van der Waals surface area contributed by atoms with Crippen LogP contribution < -0.4 is 0 Å². The Bertz CT molecular complexity index is 924. The molecule has 0 saturated heterocycles. The first-order valence-electron chi connectivity index (χ1n) is 8.59. The van der Waals surface area contributed by atoms with E-state index in [0.29, 0.717) is 12.1 Å². The summed E-state index contributed by atoms with van der Waals surface area (Å²) in [6.45, 7) is 0.615. The molecular weight excluding hydrogens is 326 g/mol. The van der Waals surface area contributed by atoms with Crippen molar-refractivity contribution in [3.05, 3.63) is 95.1 Å². The number of hydrogen-bond donors (Lipinski definition) is 3. The molecule has 3 N–H and O–H groups in total. The van der Waals surface area contributed by atoms with Crippen LogP contribution in [0.15, 0.2) is 72.8 Å². The summed E-state index contributed by atoms with van der Waals surface area (Å²) in [5.41, 5.74) is 2.04. The molecule has 0 aliphatic carbocycles. The number of phenols is 2. The van der Waals surface area contributed by atoms with E-state index in [2.05, 4.69) is 4.90 Å². The fourth-order valence-electron chi connectivity index (χ4n) is 4.07. The van der Waals surface area contributed by atoms with E-state index in [4.69, 9.17) is 0 Å². The van der Waals surface area contributed by atoms with Crippen molar-refractivity contribution in [2.45, 2.75) is 18.2 Å². The van der Waals surface area contributed by atoms with Crippen LogP contribution in [-0.4, -0.2) is 27.3 Å². The largest absolute Gasteiger partial charge is 0.508 e. The molecule has 132 valence electrons. The van der Waals surface area contributed by atoms with Crippen molar-refractivity contribution in [1.29, 1.82) is 0 Å². The third-order valence-corrected chi connectivity index (χ3v) is 5.18. The van der Waals surface area contributed by atoms with E-state index in [1.54, 1.807) is 42.5 Å². The van der Waals surface area contributed by atoms with Crippen LogP contribution in [0.1, 0.15) is 28.3 Å². The Morgan fingerprint density at radius 2 is 1.54 bits per heavy atom. The minimum absolute atomic E-state index is 0.156. The molecule has 0 bridgehead atoms. The summed E-state index contributed by atoms with van der Waals surface area (Å²) in [6, 6.07) is 21.4. The number of rotatable bonds is 2. The highest BCUT2D eigenvalue weighted by atomic mass is 16.3. The Morgan fingerprint density at radius 3 is 2.23 bits per heavy atom. The van der Waals surface area contributed by atoms with Gasteiger partial charge in [0.25, 0.3) is 0 Å². The van der Waals surface area contributed by atoms with Gasteiger partial charge in [0.2, 0.25) is 0 Å². The predicted octanol–water partition coefficient (Wildman–Crippen LogP) is 3.52. The highest BCUT2D eigenvalue weighted by molar-refractivity contribution is 5.50. The maximum absolute atomic E-state index is 12.1. The van der Waals surface area contributed by atoms with Crippen LogP contribution in [0.2, 0.25) is 0 Å². The van der Waals surface area contributed by atoms with Crippen LogP contribution in [0.4, 0.5) is 0 Å². The summed E-state index contributed by atoms with van der Waals surface area (Å²) in [5, 5.41) is 31.6. The summed E-state index contributed by atoms with van der Waals surface area (Å²) in [6.07, 6.45) is 0. The van der Waals surface area contributed by atoms with Gasteiger partial charge in [-0.15, -0.1) is 0 Å². The summed E-state index contributed by atoms with van der Waals surface area (Å²) < 4.78 is 0. The fraction of sp³-hybridized carbons (Fsp3) is 0.182. The van der Waals surface area contributed by atoms with Crippen molar-refractivity contribution in [1.82, 2.24) is 4.90 Å². The average Bonchev–Trinajstić information content (AvgIpc) is 2.62. The SMILES string of the molecule is CN1Cc2cc(O)ccc2[C@](O)(c2ccc(O)cc2)[C@H]1c1ccccc1. The molecule has 0 saturated carbocycles. The zero-order valence-electron chi connectivity index (χ0n) is 14.5. The van der Waals surface area contributed by atoms with E-state index < -0.39 is 5.60 Å². The Kier molecular flexibility index (Phi) is 3.94. The Labute approximate surface area is 152 Å². The lowest BCUT2D eigenvalue weighted by molar-refractivity contribution is -0.0303.